The number of carboxylic acids is 1. The molecule has 96 valence electrons. The highest BCUT2D eigenvalue weighted by molar-refractivity contribution is 7.13. The van der Waals surface area contributed by atoms with Crippen LogP contribution in [0, 0.1) is 5.92 Å². The quantitative estimate of drug-likeness (QED) is 0.785. The van der Waals surface area contributed by atoms with Gasteiger partial charge in [-0.15, -0.1) is 11.3 Å². The van der Waals surface area contributed by atoms with Crippen LogP contribution in [-0.2, 0) is 6.54 Å². The molecule has 17 heavy (non-hydrogen) atoms. The van der Waals surface area contributed by atoms with E-state index in [-0.39, 0.29) is 0 Å². The third-order valence-corrected chi connectivity index (χ3v) is 4.02. The van der Waals surface area contributed by atoms with Crippen molar-refractivity contribution in [1.29, 1.82) is 0 Å². The first-order valence-electron chi connectivity index (χ1n) is 6.08. The summed E-state index contributed by atoms with van der Waals surface area (Å²) < 4.78 is 0. The summed E-state index contributed by atoms with van der Waals surface area (Å²) in [4.78, 5) is 12.2. The molecule has 4 heteroatoms. The maximum atomic E-state index is 10.7. The molecule has 0 aliphatic carbocycles. The molecule has 0 radical (unpaired) electrons. The van der Waals surface area contributed by atoms with Gasteiger partial charge in [0.05, 0.1) is 0 Å². The van der Waals surface area contributed by atoms with Crippen molar-refractivity contribution in [3.8, 4) is 0 Å². The fourth-order valence-corrected chi connectivity index (χ4v) is 2.51. The zero-order valence-corrected chi connectivity index (χ0v) is 11.5. The van der Waals surface area contributed by atoms with E-state index in [2.05, 4.69) is 26.1 Å². The van der Waals surface area contributed by atoms with Crippen LogP contribution in [0.4, 0.5) is 0 Å². The topological polar surface area (TPSA) is 49.3 Å². The predicted molar refractivity (Wildman–Crippen MR) is 71.7 cm³/mol. The Morgan fingerprint density at radius 3 is 2.71 bits per heavy atom. The summed E-state index contributed by atoms with van der Waals surface area (Å²) >= 11 is 1.35. The van der Waals surface area contributed by atoms with Crippen LogP contribution in [0.5, 0.6) is 0 Å². The van der Waals surface area contributed by atoms with E-state index < -0.39 is 5.97 Å². The maximum Gasteiger partial charge on any atom is 0.345 e. The smallest absolute Gasteiger partial charge is 0.345 e. The SMILES string of the molecule is CCC(C)CC(C)NCc1ccc(C(=O)O)s1. The van der Waals surface area contributed by atoms with E-state index in [1.165, 1.54) is 17.8 Å². The van der Waals surface area contributed by atoms with Crippen molar-refractivity contribution in [2.24, 2.45) is 5.92 Å². The zero-order valence-electron chi connectivity index (χ0n) is 10.7. The van der Waals surface area contributed by atoms with Crippen molar-refractivity contribution in [3.63, 3.8) is 0 Å². The zero-order chi connectivity index (χ0) is 12.8. The highest BCUT2D eigenvalue weighted by Crippen LogP contribution is 2.17. The molecule has 1 heterocycles. The van der Waals surface area contributed by atoms with E-state index in [9.17, 15) is 4.79 Å². The van der Waals surface area contributed by atoms with Gasteiger partial charge in [-0.05, 0) is 31.4 Å². The summed E-state index contributed by atoms with van der Waals surface area (Å²) in [6.07, 6.45) is 2.36. The Labute approximate surface area is 107 Å². The van der Waals surface area contributed by atoms with Gasteiger partial charge >= 0.3 is 5.97 Å². The van der Waals surface area contributed by atoms with Crippen molar-refractivity contribution in [1.82, 2.24) is 5.32 Å². The number of carboxylic acid groups (broad SMARTS) is 1. The van der Waals surface area contributed by atoms with Crippen molar-refractivity contribution in [2.75, 3.05) is 0 Å². The number of aromatic carboxylic acids is 1. The molecule has 0 aliphatic rings. The van der Waals surface area contributed by atoms with E-state index in [1.54, 1.807) is 6.07 Å². The number of rotatable bonds is 7. The fraction of sp³-hybridized carbons (Fsp3) is 0.615. The molecule has 0 aromatic carbocycles. The van der Waals surface area contributed by atoms with Crippen LogP contribution < -0.4 is 5.32 Å². The Bertz CT molecular complexity index is 362. The highest BCUT2D eigenvalue weighted by atomic mass is 32.1. The molecular weight excluding hydrogens is 234 g/mol. The fourth-order valence-electron chi connectivity index (χ4n) is 1.72. The van der Waals surface area contributed by atoms with Crippen molar-refractivity contribution < 1.29 is 9.90 Å². The van der Waals surface area contributed by atoms with Crippen molar-refractivity contribution >= 4 is 17.3 Å². The lowest BCUT2D eigenvalue weighted by atomic mass is 10.0. The van der Waals surface area contributed by atoms with Crippen LogP contribution in [0.15, 0.2) is 12.1 Å². The summed E-state index contributed by atoms with van der Waals surface area (Å²) in [5.41, 5.74) is 0. The van der Waals surface area contributed by atoms with E-state index in [4.69, 9.17) is 5.11 Å². The second kappa shape index (κ2) is 6.77. The Balaban J connectivity index is 2.36. The molecular formula is C13H21NO2S. The number of carbonyl (C=O) groups is 1. The lowest BCUT2D eigenvalue weighted by molar-refractivity contribution is 0.0702. The van der Waals surface area contributed by atoms with Gasteiger partial charge in [-0.25, -0.2) is 4.79 Å². The Kier molecular flexibility index (Phi) is 5.65. The summed E-state index contributed by atoms with van der Waals surface area (Å²) in [5.74, 6) is -0.107. The van der Waals surface area contributed by atoms with Crippen LogP contribution in [-0.4, -0.2) is 17.1 Å². The number of thiophene rings is 1. The second-order valence-electron chi connectivity index (χ2n) is 4.60. The van der Waals surface area contributed by atoms with E-state index >= 15 is 0 Å². The molecule has 2 N–H and O–H groups in total. The van der Waals surface area contributed by atoms with Crippen LogP contribution >= 0.6 is 11.3 Å². The van der Waals surface area contributed by atoms with Crippen LogP contribution in [0.1, 0.15) is 48.2 Å². The van der Waals surface area contributed by atoms with Gasteiger partial charge in [0.15, 0.2) is 0 Å². The Morgan fingerprint density at radius 2 is 2.18 bits per heavy atom. The number of hydrogen-bond donors (Lipinski definition) is 2. The molecule has 0 fully saturated rings. The first-order valence-corrected chi connectivity index (χ1v) is 6.90. The molecule has 1 rings (SSSR count). The lowest BCUT2D eigenvalue weighted by Crippen LogP contribution is -2.26. The van der Waals surface area contributed by atoms with E-state index in [1.807, 2.05) is 6.07 Å². The molecule has 1 aromatic rings. The number of nitrogens with one attached hydrogen (secondary N) is 1. The lowest BCUT2D eigenvalue weighted by Gasteiger charge is -2.16. The average Bonchev–Trinajstić information content (AvgIpc) is 2.75. The first-order chi connectivity index (χ1) is 8.02. The van der Waals surface area contributed by atoms with Gasteiger partial charge < -0.3 is 10.4 Å². The summed E-state index contributed by atoms with van der Waals surface area (Å²) in [6, 6.07) is 4.03. The molecule has 2 atom stereocenters. The molecule has 2 unspecified atom stereocenters. The third kappa shape index (κ3) is 4.88. The summed E-state index contributed by atoms with van der Waals surface area (Å²) in [5, 5.41) is 12.3. The van der Waals surface area contributed by atoms with Gasteiger partial charge in [-0.2, -0.15) is 0 Å². The Morgan fingerprint density at radius 1 is 1.47 bits per heavy atom. The molecule has 0 saturated carbocycles. The molecule has 1 aromatic heterocycles. The van der Waals surface area contributed by atoms with Gasteiger partial charge in [0.2, 0.25) is 0 Å². The predicted octanol–water partition coefficient (Wildman–Crippen LogP) is 3.36. The van der Waals surface area contributed by atoms with Crippen molar-refractivity contribution in [2.45, 2.75) is 46.2 Å². The third-order valence-electron chi connectivity index (χ3n) is 2.95. The van der Waals surface area contributed by atoms with Gasteiger partial charge in [-0.3, -0.25) is 0 Å². The molecule has 0 spiro atoms. The monoisotopic (exact) mass is 255 g/mol. The first kappa shape index (κ1) is 14.2. The number of hydrogen-bond acceptors (Lipinski definition) is 3. The largest absolute Gasteiger partial charge is 0.477 e. The molecule has 0 saturated heterocycles. The molecule has 3 nitrogen and oxygen atoms in total. The minimum Gasteiger partial charge on any atom is -0.477 e. The van der Waals surface area contributed by atoms with Gasteiger partial charge in [0.1, 0.15) is 4.88 Å². The Hall–Kier alpha value is -0.870. The molecule has 0 amide bonds. The van der Waals surface area contributed by atoms with Crippen LogP contribution in [0.3, 0.4) is 0 Å². The minimum absolute atomic E-state index is 0.413. The van der Waals surface area contributed by atoms with Crippen LogP contribution in [0.25, 0.3) is 0 Å². The van der Waals surface area contributed by atoms with E-state index in [0.29, 0.717) is 10.9 Å². The highest BCUT2D eigenvalue weighted by Gasteiger charge is 2.09. The summed E-state index contributed by atoms with van der Waals surface area (Å²) in [6.45, 7) is 7.40. The maximum absolute atomic E-state index is 10.7. The average molecular weight is 255 g/mol. The minimum atomic E-state index is -0.839. The molecule has 0 bridgehead atoms. The normalized spacial score (nSPS) is 14.5. The van der Waals surface area contributed by atoms with E-state index in [0.717, 1.165) is 23.8 Å². The van der Waals surface area contributed by atoms with Gasteiger partial charge in [-0.1, -0.05) is 20.3 Å². The second-order valence-corrected chi connectivity index (χ2v) is 5.77. The standard InChI is InChI=1S/C13H21NO2S/c1-4-9(2)7-10(3)14-8-11-5-6-12(17-11)13(15)16/h5-6,9-10,14H,4,7-8H2,1-3H3,(H,15,16). The summed E-state index contributed by atoms with van der Waals surface area (Å²) in [7, 11) is 0. The molecule has 0 aliphatic heterocycles. The van der Waals surface area contributed by atoms with Gasteiger partial charge in [0.25, 0.3) is 0 Å². The van der Waals surface area contributed by atoms with Gasteiger partial charge in [0, 0.05) is 17.5 Å². The van der Waals surface area contributed by atoms with Crippen LogP contribution in [0.2, 0.25) is 0 Å². The van der Waals surface area contributed by atoms with Crippen molar-refractivity contribution in [3.05, 3.63) is 21.9 Å².